The molecule has 110 valence electrons. The summed E-state index contributed by atoms with van der Waals surface area (Å²) < 4.78 is 0. The van der Waals surface area contributed by atoms with E-state index in [1.165, 1.54) is 0 Å². The number of benzene rings is 2. The molecule has 0 radical (unpaired) electrons. The predicted molar refractivity (Wildman–Crippen MR) is 90.6 cm³/mol. The maximum Gasteiger partial charge on any atom is 0.224 e. The quantitative estimate of drug-likeness (QED) is 0.627. The third-order valence-corrected chi connectivity index (χ3v) is 4.04. The second-order valence-corrected chi connectivity index (χ2v) is 6.02. The average Bonchev–Trinajstić information content (AvgIpc) is 2.49. The molecule has 0 aliphatic heterocycles. The minimum Gasteiger partial charge on any atom is -0.399 e. The van der Waals surface area contributed by atoms with Crippen LogP contribution in [0.15, 0.2) is 53.4 Å². The number of thioether (sulfide) groups is 1. The Labute approximate surface area is 129 Å². The fourth-order valence-electron chi connectivity index (χ4n) is 2.01. The number of nitrogens with one attached hydrogen (secondary N) is 1. The molecule has 0 saturated carbocycles. The van der Waals surface area contributed by atoms with Gasteiger partial charge in [0.2, 0.25) is 5.91 Å². The summed E-state index contributed by atoms with van der Waals surface area (Å²) >= 11 is 1.73. The number of aryl methyl sites for hydroxylation is 1. The van der Waals surface area contributed by atoms with E-state index in [1.807, 2.05) is 48.5 Å². The Morgan fingerprint density at radius 3 is 2.57 bits per heavy atom. The first-order valence-corrected chi connectivity index (χ1v) is 8.03. The van der Waals surface area contributed by atoms with Crippen LogP contribution in [0.5, 0.6) is 0 Å². The monoisotopic (exact) mass is 300 g/mol. The predicted octanol–water partition coefficient (Wildman–Crippen LogP) is 3.95. The zero-order chi connectivity index (χ0) is 15.1. The van der Waals surface area contributed by atoms with Gasteiger partial charge in [0.05, 0.1) is 5.69 Å². The topological polar surface area (TPSA) is 55.1 Å². The maximum atomic E-state index is 12.1. The Balaban J connectivity index is 1.91. The SMILES string of the molecule is CCSc1ccccc1NC(=O)CCc1ccc(N)cc1. The van der Waals surface area contributed by atoms with Crippen LogP contribution in [-0.4, -0.2) is 11.7 Å². The average molecular weight is 300 g/mol. The molecule has 0 fully saturated rings. The minimum absolute atomic E-state index is 0.0379. The normalized spacial score (nSPS) is 10.3. The molecule has 0 aromatic heterocycles. The van der Waals surface area contributed by atoms with Crippen molar-refractivity contribution in [1.82, 2.24) is 0 Å². The molecular weight excluding hydrogens is 280 g/mol. The third kappa shape index (κ3) is 4.83. The number of carbonyl (C=O) groups is 1. The number of hydrogen-bond donors (Lipinski definition) is 2. The Bertz CT molecular complexity index is 596. The lowest BCUT2D eigenvalue weighted by Gasteiger charge is -2.10. The Morgan fingerprint density at radius 2 is 1.86 bits per heavy atom. The molecule has 0 aliphatic rings. The van der Waals surface area contributed by atoms with Crippen LogP contribution in [0.25, 0.3) is 0 Å². The third-order valence-electron chi connectivity index (χ3n) is 3.08. The number of amides is 1. The molecule has 0 unspecified atom stereocenters. The molecule has 0 aliphatic carbocycles. The molecule has 0 atom stereocenters. The second-order valence-electron chi connectivity index (χ2n) is 4.72. The van der Waals surface area contributed by atoms with Crippen molar-refractivity contribution in [2.75, 3.05) is 16.8 Å². The van der Waals surface area contributed by atoms with Crippen molar-refractivity contribution in [3.8, 4) is 0 Å². The van der Waals surface area contributed by atoms with Crippen LogP contribution in [0, 0.1) is 0 Å². The standard InChI is InChI=1S/C17H20N2OS/c1-2-21-16-6-4-3-5-15(16)19-17(20)12-9-13-7-10-14(18)11-8-13/h3-8,10-11H,2,9,12,18H2,1H3,(H,19,20). The van der Waals surface area contributed by atoms with Crippen molar-refractivity contribution in [1.29, 1.82) is 0 Å². The van der Waals surface area contributed by atoms with E-state index in [4.69, 9.17) is 5.73 Å². The van der Waals surface area contributed by atoms with Gasteiger partial charge in [-0.3, -0.25) is 4.79 Å². The molecule has 1 amide bonds. The molecule has 2 aromatic carbocycles. The molecular formula is C17H20N2OS. The van der Waals surface area contributed by atoms with Gasteiger partial charge < -0.3 is 11.1 Å². The fraction of sp³-hybridized carbons (Fsp3) is 0.235. The molecule has 3 N–H and O–H groups in total. The number of hydrogen-bond acceptors (Lipinski definition) is 3. The highest BCUT2D eigenvalue weighted by Gasteiger charge is 2.07. The lowest BCUT2D eigenvalue weighted by atomic mass is 10.1. The smallest absolute Gasteiger partial charge is 0.224 e. The molecule has 0 saturated heterocycles. The Kier molecular flexibility index (Phi) is 5.69. The van der Waals surface area contributed by atoms with Crippen molar-refractivity contribution in [2.24, 2.45) is 0 Å². The van der Waals surface area contributed by atoms with Gasteiger partial charge in [0, 0.05) is 17.0 Å². The van der Waals surface area contributed by atoms with Crippen molar-refractivity contribution < 1.29 is 4.79 Å². The van der Waals surface area contributed by atoms with Gasteiger partial charge in [-0.15, -0.1) is 11.8 Å². The summed E-state index contributed by atoms with van der Waals surface area (Å²) in [5.41, 5.74) is 8.41. The first kappa shape index (κ1) is 15.4. The van der Waals surface area contributed by atoms with E-state index >= 15 is 0 Å². The first-order chi connectivity index (χ1) is 10.2. The van der Waals surface area contributed by atoms with Crippen LogP contribution in [0.3, 0.4) is 0 Å². The number of para-hydroxylation sites is 1. The van der Waals surface area contributed by atoms with Crippen LogP contribution in [-0.2, 0) is 11.2 Å². The van der Waals surface area contributed by atoms with E-state index < -0.39 is 0 Å². The second kappa shape index (κ2) is 7.74. The van der Waals surface area contributed by atoms with E-state index in [1.54, 1.807) is 11.8 Å². The summed E-state index contributed by atoms with van der Waals surface area (Å²) in [6, 6.07) is 15.5. The fourth-order valence-corrected chi connectivity index (χ4v) is 2.77. The molecule has 4 heteroatoms. The van der Waals surface area contributed by atoms with Crippen molar-refractivity contribution >= 4 is 29.0 Å². The summed E-state index contributed by atoms with van der Waals surface area (Å²) in [6.45, 7) is 2.10. The summed E-state index contributed by atoms with van der Waals surface area (Å²) in [6.07, 6.45) is 1.18. The Hall–Kier alpha value is -1.94. The van der Waals surface area contributed by atoms with Gasteiger partial charge in [-0.2, -0.15) is 0 Å². The van der Waals surface area contributed by atoms with Crippen molar-refractivity contribution in [3.63, 3.8) is 0 Å². The number of nitrogens with two attached hydrogens (primary N) is 1. The van der Waals surface area contributed by atoms with E-state index in [-0.39, 0.29) is 5.91 Å². The number of rotatable bonds is 6. The molecule has 0 heterocycles. The largest absolute Gasteiger partial charge is 0.399 e. The lowest BCUT2D eigenvalue weighted by Crippen LogP contribution is -2.13. The van der Waals surface area contributed by atoms with Gasteiger partial charge in [0.1, 0.15) is 0 Å². The Morgan fingerprint density at radius 1 is 1.14 bits per heavy atom. The molecule has 0 bridgehead atoms. The molecule has 2 rings (SSSR count). The molecule has 21 heavy (non-hydrogen) atoms. The van der Waals surface area contributed by atoms with Crippen LogP contribution in [0.4, 0.5) is 11.4 Å². The first-order valence-electron chi connectivity index (χ1n) is 7.05. The van der Waals surface area contributed by atoms with E-state index in [2.05, 4.69) is 12.2 Å². The van der Waals surface area contributed by atoms with Crippen LogP contribution >= 0.6 is 11.8 Å². The summed E-state index contributed by atoms with van der Waals surface area (Å²) in [5.74, 6) is 1.02. The minimum atomic E-state index is 0.0379. The number of nitrogen functional groups attached to an aromatic ring is 1. The molecule has 0 spiro atoms. The van der Waals surface area contributed by atoms with Gasteiger partial charge in [0.25, 0.3) is 0 Å². The highest BCUT2D eigenvalue weighted by Crippen LogP contribution is 2.26. The van der Waals surface area contributed by atoms with Crippen LogP contribution in [0.2, 0.25) is 0 Å². The van der Waals surface area contributed by atoms with Crippen molar-refractivity contribution in [2.45, 2.75) is 24.7 Å². The van der Waals surface area contributed by atoms with Gasteiger partial charge in [-0.25, -0.2) is 0 Å². The molecule has 2 aromatic rings. The van der Waals surface area contributed by atoms with Crippen LogP contribution < -0.4 is 11.1 Å². The van der Waals surface area contributed by atoms with Gasteiger partial charge in [0.15, 0.2) is 0 Å². The van der Waals surface area contributed by atoms with Crippen LogP contribution in [0.1, 0.15) is 18.9 Å². The molecule has 3 nitrogen and oxygen atoms in total. The summed E-state index contributed by atoms with van der Waals surface area (Å²) in [4.78, 5) is 13.2. The van der Waals surface area contributed by atoms with Gasteiger partial charge >= 0.3 is 0 Å². The highest BCUT2D eigenvalue weighted by molar-refractivity contribution is 7.99. The van der Waals surface area contributed by atoms with E-state index in [0.717, 1.165) is 34.0 Å². The number of anilines is 2. The zero-order valence-corrected chi connectivity index (χ0v) is 13.0. The van der Waals surface area contributed by atoms with Crippen molar-refractivity contribution in [3.05, 3.63) is 54.1 Å². The maximum absolute atomic E-state index is 12.1. The highest BCUT2D eigenvalue weighted by atomic mass is 32.2. The summed E-state index contributed by atoms with van der Waals surface area (Å²) in [5, 5.41) is 2.99. The van der Waals surface area contributed by atoms with Gasteiger partial charge in [-0.1, -0.05) is 31.2 Å². The number of carbonyl (C=O) groups excluding carboxylic acids is 1. The summed E-state index contributed by atoms with van der Waals surface area (Å²) in [7, 11) is 0. The van der Waals surface area contributed by atoms with Gasteiger partial charge in [-0.05, 0) is 42.0 Å². The zero-order valence-electron chi connectivity index (χ0n) is 12.1. The lowest BCUT2D eigenvalue weighted by molar-refractivity contribution is -0.116. The van der Waals surface area contributed by atoms with E-state index in [9.17, 15) is 4.79 Å². The van der Waals surface area contributed by atoms with E-state index in [0.29, 0.717) is 6.42 Å².